The zero-order chi connectivity index (χ0) is 10.4. The van der Waals surface area contributed by atoms with Crippen LogP contribution in [-0.2, 0) is 0 Å². The van der Waals surface area contributed by atoms with Crippen LogP contribution in [0.4, 0.5) is 0 Å². The van der Waals surface area contributed by atoms with Gasteiger partial charge in [0, 0.05) is 17.1 Å². The molecule has 1 atom stereocenters. The first kappa shape index (κ1) is 11.7. The Morgan fingerprint density at radius 2 is 2.21 bits per heavy atom. The Morgan fingerprint density at radius 3 is 2.79 bits per heavy atom. The van der Waals surface area contributed by atoms with Gasteiger partial charge in [0.15, 0.2) is 0 Å². The second-order valence-corrected chi connectivity index (χ2v) is 4.12. The summed E-state index contributed by atoms with van der Waals surface area (Å²) in [6.07, 6.45) is 0. The number of likely N-dealkylation sites (N-methyl/N-ethyl adjacent to an activating group) is 2. The van der Waals surface area contributed by atoms with Crippen molar-refractivity contribution >= 4 is 15.9 Å². The molecule has 0 heterocycles. The highest BCUT2D eigenvalue weighted by molar-refractivity contribution is 9.10. The van der Waals surface area contributed by atoms with Crippen molar-refractivity contribution < 1.29 is 0 Å². The van der Waals surface area contributed by atoms with E-state index in [4.69, 9.17) is 0 Å². The molecule has 1 rings (SSSR count). The van der Waals surface area contributed by atoms with Crippen molar-refractivity contribution in [2.45, 2.75) is 13.0 Å². The van der Waals surface area contributed by atoms with Crippen molar-refractivity contribution in [2.24, 2.45) is 0 Å². The smallest absolute Gasteiger partial charge is 0.0444 e. The Balaban J connectivity index is 2.68. The minimum absolute atomic E-state index is 0.382. The highest BCUT2D eigenvalue weighted by Gasteiger charge is 2.07. The predicted octanol–water partition coefficient (Wildman–Crippen LogP) is 2.32. The van der Waals surface area contributed by atoms with Gasteiger partial charge < -0.3 is 10.6 Å². The van der Waals surface area contributed by atoms with E-state index in [0.29, 0.717) is 6.04 Å². The summed E-state index contributed by atoms with van der Waals surface area (Å²) in [6, 6.07) is 8.79. The maximum Gasteiger partial charge on any atom is 0.0444 e. The van der Waals surface area contributed by atoms with Gasteiger partial charge in [0.2, 0.25) is 0 Å². The molecule has 0 spiro atoms. The lowest BCUT2D eigenvalue weighted by atomic mass is 10.1. The number of rotatable bonds is 5. The van der Waals surface area contributed by atoms with Gasteiger partial charge >= 0.3 is 0 Å². The zero-order valence-electron chi connectivity index (χ0n) is 8.68. The van der Waals surface area contributed by atoms with E-state index in [1.165, 1.54) is 5.56 Å². The number of hydrogen-bond donors (Lipinski definition) is 2. The van der Waals surface area contributed by atoms with Crippen LogP contribution in [0, 0.1) is 0 Å². The lowest BCUT2D eigenvalue weighted by molar-refractivity contribution is 0.538. The molecule has 0 amide bonds. The fraction of sp³-hybridized carbons (Fsp3) is 0.455. The van der Waals surface area contributed by atoms with Gasteiger partial charge in [-0.3, -0.25) is 0 Å². The Hall–Kier alpha value is -0.380. The lowest BCUT2D eigenvalue weighted by Crippen LogP contribution is -2.29. The van der Waals surface area contributed by atoms with Crippen molar-refractivity contribution in [3.05, 3.63) is 34.3 Å². The largest absolute Gasteiger partial charge is 0.315 e. The minimum atomic E-state index is 0.382. The van der Waals surface area contributed by atoms with Crippen molar-refractivity contribution in [3.63, 3.8) is 0 Å². The molecule has 2 N–H and O–H groups in total. The second kappa shape index (κ2) is 6.17. The molecule has 2 nitrogen and oxygen atoms in total. The van der Waals surface area contributed by atoms with Crippen molar-refractivity contribution in [1.82, 2.24) is 10.6 Å². The summed E-state index contributed by atoms with van der Waals surface area (Å²) in [6.45, 7) is 4.09. The monoisotopic (exact) mass is 256 g/mol. The van der Waals surface area contributed by atoms with Gasteiger partial charge in [-0.25, -0.2) is 0 Å². The van der Waals surface area contributed by atoms with Gasteiger partial charge in [0.1, 0.15) is 0 Å². The SMILES string of the molecule is CCNCC(NC)c1cccc(Br)c1. The Labute approximate surface area is 94.2 Å². The summed E-state index contributed by atoms with van der Waals surface area (Å²) in [5.74, 6) is 0. The molecule has 0 aliphatic heterocycles. The molecule has 0 bridgehead atoms. The van der Waals surface area contributed by atoms with Crippen molar-refractivity contribution in [2.75, 3.05) is 20.1 Å². The first-order chi connectivity index (χ1) is 6.77. The van der Waals surface area contributed by atoms with Crippen LogP contribution >= 0.6 is 15.9 Å². The van der Waals surface area contributed by atoms with E-state index in [2.05, 4.69) is 51.7 Å². The molecule has 1 aromatic rings. The number of nitrogens with one attached hydrogen (secondary N) is 2. The van der Waals surface area contributed by atoms with Gasteiger partial charge in [0.05, 0.1) is 0 Å². The van der Waals surface area contributed by atoms with Gasteiger partial charge in [-0.2, -0.15) is 0 Å². The molecular formula is C11H17BrN2. The molecule has 1 aromatic carbocycles. The van der Waals surface area contributed by atoms with Gasteiger partial charge in [-0.15, -0.1) is 0 Å². The van der Waals surface area contributed by atoms with Crippen LogP contribution in [-0.4, -0.2) is 20.1 Å². The van der Waals surface area contributed by atoms with E-state index < -0.39 is 0 Å². The number of benzene rings is 1. The fourth-order valence-corrected chi connectivity index (χ4v) is 1.82. The summed E-state index contributed by atoms with van der Waals surface area (Å²) >= 11 is 3.48. The second-order valence-electron chi connectivity index (χ2n) is 3.20. The van der Waals surface area contributed by atoms with Crippen molar-refractivity contribution in [3.8, 4) is 0 Å². The first-order valence-electron chi connectivity index (χ1n) is 4.91. The maximum atomic E-state index is 3.48. The summed E-state index contributed by atoms with van der Waals surface area (Å²) in [5.41, 5.74) is 1.31. The van der Waals surface area contributed by atoms with Crippen LogP contribution in [0.3, 0.4) is 0 Å². The molecule has 0 aromatic heterocycles. The van der Waals surface area contributed by atoms with Crippen LogP contribution in [0.5, 0.6) is 0 Å². The number of hydrogen-bond acceptors (Lipinski definition) is 2. The standard InChI is InChI=1S/C11H17BrN2/c1-3-14-8-11(13-2)9-5-4-6-10(12)7-9/h4-7,11,13-14H,3,8H2,1-2H3. The van der Waals surface area contributed by atoms with E-state index in [9.17, 15) is 0 Å². The third-order valence-electron chi connectivity index (χ3n) is 2.20. The Kier molecular flexibility index (Phi) is 5.15. The third-order valence-corrected chi connectivity index (χ3v) is 2.69. The average Bonchev–Trinajstić information content (AvgIpc) is 2.19. The fourth-order valence-electron chi connectivity index (χ4n) is 1.40. The quantitative estimate of drug-likeness (QED) is 0.845. The van der Waals surface area contributed by atoms with Crippen LogP contribution in [0.15, 0.2) is 28.7 Å². The van der Waals surface area contributed by atoms with E-state index in [1.54, 1.807) is 0 Å². The topological polar surface area (TPSA) is 24.1 Å². The predicted molar refractivity (Wildman–Crippen MR) is 64.5 cm³/mol. The van der Waals surface area contributed by atoms with Gasteiger partial charge in [-0.1, -0.05) is 35.0 Å². The molecule has 78 valence electrons. The first-order valence-corrected chi connectivity index (χ1v) is 5.70. The normalized spacial score (nSPS) is 12.8. The average molecular weight is 257 g/mol. The molecule has 0 saturated carbocycles. The molecule has 0 aliphatic carbocycles. The summed E-state index contributed by atoms with van der Waals surface area (Å²) in [7, 11) is 1.99. The van der Waals surface area contributed by atoms with Gasteiger partial charge in [-0.05, 0) is 31.3 Å². The summed E-state index contributed by atoms with van der Waals surface area (Å²) < 4.78 is 1.13. The zero-order valence-corrected chi connectivity index (χ0v) is 10.3. The molecule has 3 heteroatoms. The van der Waals surface area contributed by atoms with E-state index in [-0.39, 0.29) is 0 Å². The molecule has 0 aliphatic rings. The molecular weight excluding hydrogens is 240 g/mol. The molecule has 0 fully saturated rings. The third kappa shape index (κ3) is 3.40. The lowest BCUT2D eigenvalue weighted by Gasteiger charge is -2.17. The van der Waals surface area contributed by atoms with E-state index >= 15 is 0 Å². The molecule has 0 saturated heterocycles. The van der Waals surface area contributed by atoms with Crippen molar-refractivity contribution in [1.29, 1.82) is 0 Å². The molecule has 14 heavy (non-hydrogen) atoms. The van der Waals surface area contributed by atoms with Crippen LogP contribution < -0.4 is 10.6 Å². The highest BCUT2D eigenvalue weighted by Crippen LogP contribution is 2.17. The number of halogens is 1. The Morgan fingerprint density at radius 1 is 1.43 bits per heavy atom. The maximum absolute atomic E-state index is 3.48. The molecule has 0 radical (unpaired) electrons. The van der Waals surface area contributed by atoms with E-state index in [1.807, 2.05) is 13.1 Å². The van der Waals surface area contributed by atoms with Crippen LogP contribution in [0.25, 0.3) is 0 Å². The summed E-state index contributed by atoms with van der Waals surface area (Å²) in [5, 5.41) is 6.64. The van der Waals surface area contributed by atoms with E-state index in [0.717, 1.165) is 17.6 Å². The molecule has 1 unspecified atom stereocenters. The van der Waals surface area contributed by atoms with Gasteiger partial charge in [0.25, 0.3) is 0 Å². The van der Waals surface area contributed by atoms with Crippen LogP contribution in [0.2, 0.25) is 0 Å². The minimum Gasteiger partial charge on any atom is -0.315 e. The summed E-state index contributed by atoms with van der Waals surface area (Å²) in [4.78, 5) is 0. The highest BCUT2D eigenvalue weighted by atomic mass is 79.9. The van der Waals surface area contributed by atoms with Crippen LogP contribution in [0.1, 0.15) is 18.5 Å². The Bertz CT molecular complexity index is 276.